The summed E-state index contributed by atoms with van der Waals surface area (Å²) in [7, 11) is 0. The molecule has 0 atom stereocenters. The molecule has 0 unspecified atom stereocenters. The number of rotatable bonds is 6. The second-order valence-electron chi connectivity index (χ2n) is 5.91. The molecule has 0 radical (unpaired) electrons. The van der Waals surface area contributed by atoms with Crippen molar-refractivity contribution in [2.45, 2.75) is 57.4 Å². The highest BCUT2D eigenvalue weighted by molar-refractivity contribution is 5.86. The van der Waals surface area contributed by atoms with Gasteiger partial charge in [0.2, 0.25) is 11.8 Å². The first kappa shape index (κ1) is 18.2. The lowest BCUT2D eigenvalue weighted by Crippen LogP contribution is -2.41. The van der Waals surface area contributed by atoms with Crippen LogP contribution in [0.3, 0.4) is 0 Å². The van der Waals surface area contributed by atoms with Crippen molar-refractivity contribution in [1.82, 2.24) is 15.5 Å². The molecule has 1 saturated carbocycles. The van der Waals surface area contributed by atoms with E-state index < -0.39 is 0 Å². The fourth-order valence-corrected chi connectivity index (χ4v) is 3.06. The highest BCUT2D eigenvalue weighted by Gasteiger charge is 2.22. The lowest BCUT2D eigenvalue weighted by Gasteiger charge is -2.17. The first-order chi connectivity index (χ1) is 9.75. The first-order valence-corrected chi connectivity index (χ1v) is 8.03. The molecule has 2 amide bonds. The van der Waals surface area contributed by atoms with Crippen LogP contribution in [-0.4, -0.2) is 48.9 Å². The Bertz CT molecular complexity index is 331. The van der Waals surface area contributed by atoms with E-state index in [1.807, 2.05) is 0 Å². The Morgan fingerprint density at radius 1 is 1.10 bits per heavy atom. The minimum Gasteiger partial charge on any atom is -0.353 e. The number of halogens is 1. The Labute approximate surface area is 133 Å². The summed E-state index contributed by atoms with van der Waals surface area (Å²) < 4.78 is 0. The summed E-state index contributed by atoms with van der Waals surface area (Å²) in [4.78, 5) is 24.8. The van der Waals surface area contributed by atoms with Crippen LogP contribution in [0.5, 0.6) is 0 Å². The molecule has 6 heteroatoms. The highest BCUT2D eigenvalue weighted by Crippen LogP contribution is 2.16. The summed E-state index contributed by atoms with van der Waals surface area (Å²) in [6, 6.07) is 0.620. The number of hydrogen-bond donors (Lipinski definition) is 2. The summed E-state index contributed by atoms with van der Waals surface area (Å²) in [6.07, 6.45) is 9.36. The number of nitrogens with zero attached hydrogens (tertiary/aromatic N) is 1. The SMILES string of the molecule is Cl.O=C(CN1CCCC1=O)NCCNC1CCCCCC1. The van der Waals surface area contributed by atoms with E-state index in [1.54, 1.807) is 4.90 Å². The third kappa shape index (κ3) is 6.66. The van der Waals surface area contributed by atoms with Crippen LogP contribution in [-0.2, 0) is 9.59 Å². The molecule has 2 aliphatic rings. The molecule has 2 rings (SSSR count). The number of carbonyl (C=O) groups excluding carboxylic acids is 2. The van der Waals surface area contributed by atoms with Crippen LogP contribution in [0.2, 0.25) is 0 Å². The van der Waals surface area contributed by atoms with Gasteiger partial charge in [0.15, 0.2) is 0 Å². The zero-order valence-electron chi connectivity index (χ0n) is 12.7. The van der Waals surface area contributed by atoms with E-state index in [9.17, 15) is 9.59 Å². The van der Waals surface area contributed by atoms with Crippen molar-refractivity contribution in [3.63, 3.8) is 0 Å². The average molecular weight is 318 g/mol. The Kier molecular flexibility index (Phi) is 8.69. The fourth-order valence-electron chi connectivity index (χ4n) is 3.06. The monoisotopic (exact) mass is 317 g/mol. The first-order valence-electron chi connectivity index (χ1n) is 8.03. The smallest absolute Gasteiger partial charge is 0.239 e. The topological polar surface area (TPSA) is 61.4 Å². The molecule has 5 nitrogen and oxygen atoms in total. The maximum atomic E-state index is 11.7. The number of carbonyl (C=O) groups is 2. The molecule has 1 aliphatic carbocycles. The van der Waals surface area contributed by atoms with Gasteiger partial charge in [-0.05, 0) is 19.3 Å². The molecule has 1 aliphatic heterocycles. The van der Waals surface area contributed by atoms with E-state index >= 15 is 0 Å². The molecular weight excluding hydrogens is 290 g/mol. The zero-order valence-corrected chi connectivity index (χ0v) is 13.6. The van der Waals surface area contributed by atoms with Gasteiger partial charge < -0.3 is 15.5 Å². The average Bonchev–Trinajstić information content (AvgIpc) is 2.68. The van der Waals surface area contributed by atoms with Crippen LogP contribution in [0, 0.1) is 0 Å². The van der Waals surface area contributed by atoms with Crippen molar-refractivity contribution in [1.29, 1.82) is 0 Å². The normalized spacial score (nSPS) is 20.0. The van der Waals surface area contributed by atoms with E-state index in [-0.39, 0.29) is 30.8 Å². The van der Waals surface area contributed by atoms with Gasteiger partial charge in [-0.1, -0.05) is 25.7 Å². The number of nitrogens with one attached hydrogen (secondary N) is 2. The van der Waals surface area contributed by atoms with Gasteiger partial charge in [0.05, 0.1) is 6.54 Å². The molecular formula is C15H28ClN3O2. The van der Waals surface area contributed by atoms with E-state index in [0.717, 1.165) is 19.5 Å². The molecule has 0 aromatic heterocycles. The van der Waals surface area contributed by atoms with Gasteiger partial charge in [-0.3, -0.25) is 9.59 Å². The zero-order chi connectivity index (χ0) is 14.2. The molecule has 2 fully saturated rings. The van der Waals surface area contributed by atoms with E-state index in [2.05, 4.69) is 10.6 Å². The Morgan fingerprint density at radius 3 is 2.43 bits per heavy atom. The van der Waals surface area contributed by atoms with Crippen LogP contribution in [0.15, 0.2) is 0 Å². The van der Waals surface area contributed by atoms with Gasteiger partial charge in [0, 0.05) is 32.1 Å². The van der Waals surface area contributed by atoms with E-state index in [4.69, 9.17) is 0 Å². The lowest BCUT2D eigenvalue weighted by atomic mass is 10.1. The largest absolute Gasteiger partial charge is 0.353 e. The molecule has 0 aromatic rings. The lowest BCUT2D eigenvalue weighted by molar-refractivity contribution is -0.133. The number of amides is 2. The maximum Gasteiger partial charge on any atom is 0.239 e. The van der Waals surface area contributed by atoms with Crippen LogP contribution in [0.4, 0.5) is 0 Å². The molecule has 122 valence electrons. The second kappa shape index (κ2) is 10.0. The fraction of sp³-hybridized carbons (Fsp3) is 0.867. The van der Waals surface area contributed by atoms with Gasteiger partial charge in [-0.15, -0.1) is 12.4 Å². The second-order valence-corrected chi connectivity index (χ2v) is 5.91. The predicted molar refractivity (Wildman–Crippen MR) is 85.6 cm³/mol. The molecule has 1 heterocycles. The number of hydrogen-bond acceptors (Lipinski definition) is 3. The van der Waals surface area contributed by atoms with Gasteiger partial charge >= 0.3 is 0 Å². The standard InChI is InChI=1S/C15H27N3O2.ClH/c19-14(12-18-11-5-8-15(18)20)17-10-9-16-13-6-3-1-2-4-7-13;/h13,16H,1-12H2,(H,17,19);1H. The van der Waals surface area contributed by atoms with Crippen molar-refractivity contribution in [2.24, 2.45) is 0 Å². The van der Waals surface area contributed by atoms with Crippen LogP contribution in [0.25, 0.3) is 0 Å². The maximum absolute atomic E-state index is 11.7. The van der Waals surface area contributed by atoms with Gasteiger partial charge in [0.1, 0.15) is 0 Å². The predicted octanol–water partition coefficient (Wildman–Crippen LogP) is 1.46. The van der Waals surface area contributed by atoms with Gasteiger partial charge in [0.25, 0.3) is 0 Å². The van der Waals surface area contributed by atoms with Crippen molar-refractivity contribution in [2.75, 3.05) is 26.2 Å². The Balaban J connectivity index is 0.00000220. The van der Waals surface area contributed by atoms with Crippen molar-refractivity contribution in [3.05, 3.63) is 0 Å². The van der Waals surface area contributed by atoms with Crippen LogP contribution in [0.1, 0.15) is 51.4 Å². The molecule has 1 saturated heterocycles. The molecule has 0 bridgehead atoms. The molecule has 21 heavy (non-hydrogen) atoms. The molecule has 2 N–H and O–H groups in total. The third-order valence-corrected chi connectivity index (χ3v) is 4.24. The summed E-state index contributed by atoms with van der Waals surface area (Å²) in [5.41, 5.74) is 0. The van der Waals surface area contributed by atoms with Crippen molar-refractivity contribution in [3.8, 4) is 0 Å². The number of likely N-dealkylation sites (tertiary alicyclic amines) is 1. The third-order valence-electron chi connectivity index (χ3n) is 4.24. The summed E-state index contributed by atoms with van der Waals surface area (Å²) >= 11 is 0. The quantitative estimate of drug-likeness (QED) is 0.576. The van der Waals surface area contributed by atoms with Crippen LogP contribution < -0.4 is 10.6 Å². The Morgan fingerprint density at radius 2 is 1.81 bits per heavy atom. The van der Waals surface area contributed by atoms with Crippen molar-refractivity contribution < 1.29 is 9.59 Å². The summed E-state index contributed by atoms with van der Waals surface area (Å²) in [6.45, 7) is 2.43. The minimum absolute atomic E-state index is 0. The van der Waals surface area contributed by atoms with Crippen molar-refractivity contribution >= 4 is 24.2 Å². The summed E-state index contributed by atoms with van der Waals surface area (Å²) in [5, 5.41) is 6.41. The van der Waals surface area contributed by atoms with Crippen LogP contribution >= 0.6 is 12.4 Å². The van der Waals surface area contributed by atoms with Gasteiger partial charge in [-0.2, -0.15) is 0 Å². The van der Waals surface area contributed by atoms with E-state index in [1.165, 1.54) is 38.5 Å². The summed E-state index contributed by atoms with van der Waals surface area (Å²) in [5.74, 6) is 0.0691. The molecule has 0 aromatic carbocycles. The minimum atomic E-state index is -0.0390. The van der Waals surface area contributed by atoms with E-state index in [0.29, 0.717) is 19.0 Å². The Hall–Kier alpha value is -0.810. The highest BCUT2D eigenvalue weighted by atomic mass is 35.5. The van der Waals surface area contributed by atoms with Gasteiger partial charge in [-0.25, -0.2) is 0 Å². The molecule has 0 spiro atoms.